The van der Waals surface area contributed by atoms with Crippen LogP contribution in [0.4, 0.5) is 0 Å². The van der Waals surface area contributed by atoms with Crippen LogP contribution in [-0.4, -0.2) is 23.0 Å². The first kappa shape index (κ1) is 17.1. The Labute approximate surface area is 149 Å². The van der Waals surface area contributed by atoms with Crippen molar-refractivity contribution in [3.8, 4) is 6.07 Å². The number of allylic oxidation sites excluding steroid dienone is 1. The van der Waals surface area contributed by atoms with Gasteiger partial charge in [-0.05, 0) is 42.8 Å². The van der Waals surface area contributed by atoms with Crippen LogP contribution in [0.1, 0.15) is 27.3 Å². The van der Waals surface area contributed by atoms with Crippen LogP contribution in [0.5, 0.6) is 0 Å². The van der Waals surface area contributed by atoms with Crippen molar-refractivity contribution in [2.45, 2.75) is 6.92 Å². The van der Waals surface area contributed by atoms with Crippen molar-refractivity contribution >= 4 is 28.5 Å². The molecular weight excluding hydrogens is 330 g/mol. The molecule has 6 nitrogen and oxygen atoms in total. The largest absolute Gasteiger partial charge is 0.465 e. The van der Waals surface area contributed by atoms with E-state index in [9.17, 15) is 14.9 Å². The molecule has 0 atom stereocenters. The van der Waals surface area contributed by atoms with Crippen molar-refractivity contribution in [3.05, 3.63) is 75.3 Å². The number of methoxy groups -OCH3 is 1. The molecular formula is C20H15N3O3. The second-order valence-electron chi connectivity index (χ2n) is 5.72. The summed E-state index contributed by atoms with van der Waals surface area (Å²) in [5, 5.41) is 9.95. The van der Waals surface area contributed by atoms with Crippen LogP contribution in [0.25, 0.3) is 22.6 Å². The van der Waals surface area contributed by atoms with E-state index in [1.165, 1.54) is 7.11 Å². The molecule has 0 aliphatic heterocycles. The van der Waals surface area contributed by atoms with Gasteiger partial charge in [0, 0.05) is 0 Å². The zero-order chi connectivity index (χ0) is 18.7. The van der Waals surface area contributed by atoms with Crippen LogP contribution in [0.15, 0.2) is 47.3 Å². The summed E-state index contributed by atoms with van der Waals surface area (Å²) in [6.07, 6.45) is 1.60. The molecule has 0 bridgehead atoms. The molecule has 0 aliphatic carbocycles. The summed E-state index contributed by atoms with van der Waals surface area (Å²) in [7, 11) is 1.31. The van der Waals surface area contributed by atoms with E-state index in [2.05, 4.69) is 20.8 Å². The molecule has 3 rings (SSSR count). The van der Waals surface area contributed by atoms with Crippen molar-refractivity contribution in [1.82, 2.24) is 9.97 Å². The molecule has 0 aliphatic rings. The molecule has 0 unspecified atom stereocenters. The van der Waals surface area contributed by atoms with Gasteiger partial charge in [0.2, 0.25) is 0 Å². The molecule has 3 aromatic rings. The number of hydrogen-bond acceptors (Lipinski definition) is 5. The average molecular weight is 345 g/mol. The minimum absolute atomic E-state index is 0.200. The first-order chi connectivity index (χ1) is 12.5. The Morgan fingerprint density at radius 1 is 1.23 bits per heavy atom. The van der Waals surface area contributed by atoms with Gasteiger partial charge in [0.1, 0.15) is 6.07 Å². The quantitative estimate of drug-likeness (QED) is 0.581. The summed E-state index contributed by atoms with van der Waals surface area (Å²) < 4.78 is 4.65. The monoisotopic (exact) mass is 345 g/mol. The number of carbonyl (C=O) groups is 1. The van der Waals surface area contributed by atoms with Crippen molar-refractivity contribution in [2.24, 2.45) is 0 Å². The molecule has 0 saturated heterocycles. The van der Waals surface area contributed by atoms with Crippen LogP contribution >= 0.6 is 0 Å². The SMILES string of the molecule is COC(=O)c1ccc(C=C(C#N)c2nc3ccc(C)cc3c(=O)[nH]2)cc1. The predicted octanol–water partition coefficient (Wildman–Crippen LogP) is 3.08. The fraction of sp³-hybridized carbons (Fsp3) is 0.100. The molecule has 0 amide bonds. The molecule has 0 saturated carbocycles. The number of aromatic nitrogens is 2. The van der Waals surface area contributed by atoms with E-state index >= 15 is 0 Å². The van der Waals surface area contributed by atoms with Gasteiger partial charge < -0.3 is 9.72 Å². The normalized spacial score (nSPS) is 11.2. The standard InChI is InChI=1S/C20H15N3O3/c1-12-3-8-17-16(9-12)19(24)23-18(22-17)15(11-21)10-13-4-6-14(7-5-13)20(25)26-2/h3-10H,1-2H3,(H,22,23,24). The molecule has 0 fully saturated rings. The summed E-state index contributed by atoms with van der Waals surface area (Å²) in [5.74, 6) is -0.234. The number of aromatic amines is 1. The van der Waals surface area contributed by atoms with Gasteiger partial charge in [0.15, 0.2) is 5.82 Å². The number of nitrogens with one attached hydrogen (secondary N) is 1. The minimum atomic E-state index is -0.433. The van der Waals surface area contributed by atoms with Gasteiger partial charge in [-0.2, -0.15) is 5.26 Å². The minimum Gasteiger partial charge on any atom is -0.465 e. The molecule has 0 spiro atoms. The Kier molecular flexibility index (Phi) is 4.63. The summed E-state index contributed by atoms with van der Waals surface area (Å²) in [4.78, 5) is 30.8. The maximum Gasteiger partial charge on any atom is 0.337 e. The van der Waals surface area contributed by atoms with Crippen LogP contribution in [-0.2, 0) is 4.74 Å². The van der Waals surface area contributed by atoms with Crippen LogP contribution in [0.3, 0.4) is 0 Å². The maximum absolute atomic E-state index is 12.3. The van der Waals surface area contributed by atoms with E-state index in [4.69, 9.17) is 0 Å². The third kappa shape index (κ3) is 3.37. The van der Waals surface area contributed by atoms with Crippen molar-refractivity contribution in [2.75, 3.05) is 7.11 Å². The Morgan fingerprint density at radius 3 is 2.62 bits per heavy atom. The molecule has 2 aromatic carbocycles. The van der Waals surface area contributed by atoms with Crippen molar-refractivity contribution in [3.63, 3.8) is 0 Å². The Bertz CT molecular complexity index is 1120. The summed E-state index contributed by atoms with van der Waals surface area (Å²) in [6.45, 7) is 1.89. The number of rotatable bonds is 3. The number of aryl methyl sites for hydroxylation is 1. The van der Waals surface area contributed by atoms with Gasteiger partial charge in [0.05, 0.1) is 29.1 Å². The number of nitriles is 1. The number of nitrogens with zero attached hydrogens (tertiary/aromatic N) is 2. The van der Waals surface area contributed by atoms with E-state index in [1.54, 1.807) is 42.5 Å². The number of H-pyrrole nitrogens is 1. The van der Waals surface area contributed by atoms with Gasteiger partial charge >= 0.3 is 5.97 Å². The third-order valence-electron chi connectivity index (χ3n) is 3.88. The first-order valence-corrected chi connectivity index (χ1v) is 7.83. The topological polar surface area (TPSA) is 95.8 Å². The van der Waals surface area contributed by atoms with E-state index in [-0.39, 0.29) is 17.0 Å². The smallest absolute Gasteiger partial charge is 0.337 e. The number of fused-ring (bicyclic) bond motifs is 1. The highest BCUT2D eigenvalue weighted by Gasteiger charge is 2.09. The van der Waals surface area contributed by atoms with E-state index in [1.807, 2.05) is 13.0 Å². The molecule has 1 aromatic heterocycles. The third-order valence-corrected chi connectivity index (χ3v) is 3.88. The van der Waals surface area contributed by atoms with Crippen LogP contribution in [0.2, 0.25) is 0 Å². The molecule has 26 heavy (non-hydrogen) atoms. The van der Waals surface area contributed by atoms with E-state index in [0.717, 1.165) is 5.56 Å². The maximum atomic E-state index is 12.3. The zero-order valence-electron chi connectivity index (χ0n) is 14.2. The van der Waals surface area contributed by atoms with E-state index < -0.39 is 5.97 Å². The molecule has 6 heteroatoms. The van der Waals surface area contributed by atoms with Gasteiger partial charge in [-0.3, -0.25) is 4.79 Å². The predicted molar refractivity (Wildman–Crippen MR) is 98.4 cm³/mol. The van der Waals surface area contributed by atoms with E-state index in [0.29, 0.717) is 22.0 Å². The first-order valence-electron chi connectivity index (χ1n) is 7.83. The lowest BCUT2D eigenvalue weighted by Gasteiger charge is -2.04. The number of hydrogen-bond donors (Lipinski definition) is 1. The average Bonchev–Trinajstić information content (AvgIpc) is 2.66. The fourth-order valence-electron chi connectivity index (χ4n) is 2.53. The van der Waals surface area contributed by atoms with Crippen LogP contribution < -0.4 is 5.56 Å². The van der Waals surface area contributed by atoms with Crippen molar-refractivity contribution in [1.29, 1.82) is 5.26 Å². The highest BCUT2D eigenvalue weighted by atomic mass is 16.5. The van der Waals surface area contributed by atoms with Gasteiger partial charge in [0.25, 0.3) is 5.56 Å². The Morgan fingerprint density at radius 2 is 1.96 bits per heavy atom. The fourth-order valence-corrected chi connectivity index (χ4v) is 2.53. The lowest BCUT2D eigenvalue weighted by Crippen LogP contribution is -2.11. The zero-order valence-corrected chi connectivity index (χ0v) is 14.2. The molecule has 0 radical (unpaired) electrons. The number of esters is 1. The number of carbonyl (C=O) groups excluding carboxylic acids is 1. The summed E-state index contributed by atoms with van der Waals surface area (Å²) in [5.41, 5.74) is 2.51. The van der Waals surface area contributed by atoms with Crippen molar-refractivity contribution < 1.29 is 9.53 Å². The second kappa shape index (κ2) is 7.03. The molecule has 1 heterocycles. The Hall–Kier alpha value is -3.72. The van der Waals surface area contributed by atoms with Crippen LogP contribution in [0, 0.1) is 18.3 Å². The summed E-state index contributed by atoms with van der Waals surface area (Å²) in [6, 6.07) is 14.0. The summed E-state index contributed by atoms with van der Waals surface area (Å²) >= 11 is 0. The highest BCUT2D eigenvalue weighted by Crippen LogP contribution is 2.17. The van der Waals surface area contributed by atoms with Gasteiger partial charge in [-0.1, -0.05) is 23.8 Å². The lowest BCUT2D eigenvalue weighted by atomic mass is 10.1. The Balaban J connectivity index is 2.03. The molecule has 1 N–H and O–H groups in total. The second-order valence-corrected chi connectivity index (χ2v) is 5.72. The number of ether oxygens (including phenoxy) is 1. The lowest BCUT2D eigenvalue weighted by molar-refractivity contribution is 0.0600. The van der Waals surface area contributed by atoms with Gasteiger partial charge in [-0.15, -0.1) is 0 Å². The van der Waals surface area contributed by atoms with Gasteiger partial charge in [-0.25, -0.2) is 9.78 Å². The molecule has 128 valence electrons. The number of benzene rings is 2. The highest BCUT2D eigenvalue weighted by molar-refractivity contribution is 5.91.